The van der Waals surface area contributed by atoms with Gasteiger partial charge in [0, 0.05) is 19.3 Å². The van der Waals surface area contributed by atoms with E-state index in [1.165, 1.54) is 25.7 Å². The van der Waals surface area contributed by atoms with Gasteiger partial charge in [-0.15, -0.1) is 0 Å². The summed E-state index contributed by atoms with van der Waals surface area (Å²) in [5.74, 6) is 3.30. The van der Waals surface area contributed by atoms with E-state index < -0.39 is 5.60 Å². The largest absolute Gasteiger partial charge is 0.460 e. The Kier molecular flexibility index (Phi) is 6.36. The molecule has 4 nitrogen and oxygen atoms in total. The average Bonchev–Trinajstić information content (AvgIpc) is 3.03. The van der Waals surface area contributed by atoms with Gasteiger partial charge in [-0.3, -0.25) is 9.59 Å². The van der Waals surface area contributed by atoms with E-state index in [1.807, 2.05) is 20.8 Å². The lowest BCUT2D eigenvalue weighted by molar-refractivity contribution is -0.169. The summed E-state index contributed by atoms with van der Waals surface area (Å²) in [6.45, 7) is 13.0. The van der Waals surface area contributed by atoms with Gasteiger partial charge in [-0.1, -0.05) is 20.8 Å². The molecule has 4 heteroatoms. The third kappa shape index (κ3) is 4.18. The molecule has 0 spiro atoms. The van der Waals surface area contributed by atoms with Crippen LogP contribution in [0, 0.1) is 46.3 Å². The van der Waals surface area contributed by atoms with Crippen LogP contribution in [0.5, 0.6) is 0 Å². The van der Waals surface area contributed by atoms with Gasteiger partial charge in [0.25, 0.3) is 0 Å². The Labute approximate surface area is 195 Å². The number of esters is 1. The number of ether oxygens (including phenoxy) is 1. The number of ketones is 1. The summed E-state index contributed by atoms with van der Waals surface area (Å²) in [7, 11) is 0. The molecule has 4 fully saturated rings. The molecular weight excluding hydrogens is 400 g/mol. The van der Waals surface area contributed by atoms with Crippen LogP contribution in [0.25, 0.3) is 0 Å². The molecule has 0 bridgehead atoms. The highest BCUT2D eigenvalue weighted by Crippen LogP contribution is 2.68. The number of aliphatic hydroxyl groups is 1. The maximum Gasteiger partial charge on any atom is 0.306 e. The molecule has 0 saturated heterocycles. The number of Topliss-reactive ketones (excluding diaryl/α,β-unsaturated/α-hetero) is 1. The van der Waals surface area contributed by atoms with E-state index in [0.29, 0.717) is 54.1 Å². The van der Waals surface area contributed by atoms with Crippen molar-refractivity contribution in [1.29, 1.82) is 0 Å². The van der Waals surface area contributed by atoms with E-state index in [0.717, 1.165) is 25.7 Å². The number of hydrogen-bond donors (Lipinski definition) is 1. The van der Waals surface area contributed by atoms with Gasteiger partial charge in [0.15, 0.2) is 0 Å². The molecule has 0 unspecified atom stereocenters. The van der Waals surface area contributed by atoms with Gasteiger partial charge in [0.1, 0.15) is 11.4 Å². The third-order valence-electron chi connectivity index (χ3n) is 10.5. The highest BCUT2D eigenvalue weighted by atomic mass is 16.6. The summed E-state index contributed by atoms with van der Waals surface area (Å²) in [5, 5.41) is 11.3. The van der Waals surface area contributed by atoms with Gasteiger partial charge in [-0.05, 0) is 112 Å². The van der Waals surface area contributed by atoms with Crippen LogP contribution in [0.15, 0.2) is 0 Å². The first kappa shape index (κ1) is 24.2. The zero-order valence-electron chi connectivity index (χ0n) is 21.3. The van der Waals surface area contributed by atoms with Crippen LogP contribution in [0.4, 0.5) is 0 Å². The molecule has 4 aliphatic carbocycles. The van der Waals surface area contributed by atoms with Crippen molar-refractivity contribution in [2.24, 2.45) is 46.3 Å². The molecule has 0 amide bonds. The molecule has 4 saturated carbocycles. The number of hydrogen-bond acceptors (Lipinski definition) is 4. The molecule has 0 aromatic rings. The highest BCUT2D eigenvalue weighted by Gasteiger charge is 2.62. The van der Waals surface area contributed by atoms with E-state index in [2.05, 4.69) is 20.8 Å². The highest BCUT2D eigenvalue weighted by molar-refractivity contribution is 5.79. The molecule has 182 valence electrons. The Balaban J connectivity index is 1.46. The third-order valence-corrected chi connectivity index (χ3v) is 10.5. The monoisotopic (exact) mass is 446 g/mol. The maximum absolute atomic E-state index is 12.3. The normalized spacial score (nSPS) is 44.9. The van der Waals surface area contributed by atoms with Crippen molar-refractivity contribution in [1.82, 2.24) is 0 Å². The lowest BCUT2D eigenvalue weighted by Gasteiger charge is -2.62. The minimum atomic E-state index is -0.419. The van der Waals surface area contributed by atoms with Crippen molar-refractivity contribution < 1.29 is 19.4 Å². The van der Waals surface area contributed by atoms with Crippen LogP contribution >= 0.6 is 0 Å². The van der Waals surface area contributed by atoms with Gasteiger partial charge in [0.2, 0.25) is 0 Å². The van der Waals surface area contributed by atoms with Gasteiger partial charge >= 0.3 is 5.97 Å². The lowest BCUT2D eigenvalue weighted by Crippen LogP contribution is -2.58. The van der Waals surface area contributed by atoms with Crippen molar-refractivity contribution in [2.75, 3.05) is 0 Å². The molecule has 1 N–H and O–H groups in total. The van der Waals surface area contributed by atoms with Gasteiger partial charge in [-0.25, -0.2) is 0 Å². The van der Waals surface area contributed by atoms with Crippen LogP contribution < -0.4 is 0 Å². The fourth-order valence-electron chi connectivity index (χ4n) is 8.93. The minimum absolute atomic E-state index is 0.0822. The Hall–Kier alpha value is -0.900. The van der Waals surface area contributed by atoms with Crippen LogP contribution in [-0.4, -0.2) is 28.6 Å². The van der Waals surface area contributed by atoms with Crippen molar-refractivity contribution in [2.45, 2.75) is 117 Å². The van der Waals surface area contributed by atoms with Crippen LogP contribution in [0.3, 0.4) is 0 Å². The first-order valence-electron chi connectivity index (χ1n) is 13.3. The molecule has 4 rings (SSSR count). The smallest absolute Gasteiger partial charge is 0.306 e. The lowest BCUT2D eigenvalue weighted by atomic mass is 9.44. The Bertz CT molecular complexity index is 738. The van der Waals surface area contributed by atoms with Crippen LogP contribution in [0.2, 0.25) is 0 Å². The quantitative estimate of drug-likeness (QED) is 0.543. The molecule has 0 heterocycles. The van der Waals surface area contributed by atoms with Gasteiger partial charge < -0.3 is 9.84 Å². The number of rotatable bonds is 4. The number of carbonyl (C=O) groups is 2. The summed E-state index contributed by atoms with van der Waals surface area (Å²) < 4.78 is 5.54. The van der Waals surface area contributed by atoms with E-state index in [-0.39, 0.29) is 22.9 Å². The zero-order chi connectivity index (χ0) is 23.5. The summed E-state index contributed by atoms with van der Waals surface area (Å²) in [5.41, 5.74) is 0.0562. The van der Waals surface area contributed by atoms with Crippen molar-refractivity contribution in [3.8, 4) is 0 Å². The second-order valence-corrected chi connectivity index (χ2v) is 13.4. The first-order valence-corrected chi connectivity index (χ1v) is 13.3. The zero-order valence-corrected chi connectivity index (χ0v) is 21.3. The fraction of sp³-hybridized carbons (Fsp3) is 0.929. The SMILES string of the molecule is C[C@H](CCC(=O)OC(C)(C)C)[C@H]1CC[C@H]2[C@@H]3[C@@H](O)C[C@@H]4CC(=O)CC[C@]4(C)[C@H]3CC[C@]12C. The summed E-state index contributed by atoms with van der Waals surface area (Å²) in [4.78, 5) is 24.4. The molecule has 32 heavy (non-hydrogen) atoms. The second kappa shape index (κ2) is 8.40. The summed E-state index contributed by atoms with van der Waals surface area (Å²) in [6, 6.07) is 0. The second-order valence-electron chi connectivity index (χ2n) is 13.4. The fourth-order valence-corrected chi connectivity index (χ4v) is 8.93. The summed E-state index contributed by atoms with van der Waals surface area (Å²) in [6.07, 6.45) is 9.21. The predicted molar refractivity (Wildman–Crippen MR) is 126 cm³/mol. The van der Waals surface area contributed by atoms with E-state index in [9.17, 15) is 14.7 Å². The van der Waals surface area contributed by atoms with Crippen LogP contribution in [0.1, 0.15) is 106 Å². The van der Waals surface area contributed by atoms with E-state index in [4.69, 9.17) is 4.74 Å². The standard InChI is InChI=1S/C28H46O4/c1-17(7-10-24(31)32-26(2,3)4)20-8-9-21-25-22(12-14-28(20,21)6)27(5)13-11-19(29)15-18(27)16-23(25)30/h17-18,20-23,25,30H,7-16H2,1-6H3/t17-,18+,20-,21+,22+,23+,25+,27+,28-/m1/s1. The van der Waals surface area contributed by atoms with Crippen LogP contribution in [-0.2, 0) is 14.3 Å². The molecule has 0 radical (unpaired) electrons. The van der Waals surface area contributed by atoms with Crippen molar-refractivity contribution >= 4 is 11.8 Å². The molecule has 9 atom stereocenters. The predicted octanol–water partition coefficient (Wildman–Crippen LogP) is 5.94. The van der Waals surface area contributed by atoms with Crippen molar-refractivity contribution in [3.05, 3.63) is 0 Å². The number of aliphatic hydroxyl groups excluding tert-OH is 1. The Morgan fingerprint density at radius 1 is 1.12 bits per heavy atom. The topological polar surface area (TPSA) is 63.6 Å². The maximum atomic E-state index is 12.3. The van der Waals surface area contributed by atoms with Gasteiger partial charge in [-0.2, -0.15) is 0 Å². The molecular formula is C28H46O4. The Morgan fingerprint density at radius 2 is 1.81 bits per heavy atom. The van der Waals surface area contributed by atoms with Gasteiger partial charge in [0.05, 0.1) is 6.10 Å². The Morgan fingerprint density at radius 3 is 2.50 bits per heavy atom. The molecule has 0 aromatic heterocycles. The number of carbonyl (C=O) groups excluding carboxylic acids is 2. The number of fused-ring (bicyclic) bond motifs is 5. The molecule has 4 aliphatic rings. The minimum Gasteiger partial charge on any atom is -0.460 e. The summed E-state index contributed by atoms with van der Waals surface area (Å²) >= 11 is 0. The average molecular weight is 447 g/mol. The molecule has 0 aromatic carbocycles. The molecule has 0 aliphatic heterocycles. The first-order chi connectivity index (χ1) is 14.8. The van der Waals surface area contributed by atoms with E-state index >= 15 is 0 Å². The van der Waals surface area contributed by atoms with E-state index in [1.54, 1.807) is 0 Å². The van der Waals surface area contributed by atoms with Crippen molar-refractivity contribution in [3.63, 3.8) is 0 Å².